The Bertz CT molecular complexity index is 307. The highest BCUT2D eigenvalue weighted by atomic mass is 16.5. The number of nitriles is 1. The molecule has 3 unspecified atom stereocenters. The summed E-state index contributed by atoms with van der Waals surface area (Å²) in [5.74, 6) is 0.556. The summed E-state index contributed by atoms with van der Waals surface area (Å²) in [6, 6.07) is 2.79. The van der Waals surface area contributed by atoms with Crippen LogP contribution in [0.2, 0.25) is 0 Å². The van der Waals surface area contributed by atoms with Crippen LogP contribution in [0, 0.1) is 17.2 Å². The summed E-state index contributed by atoms with van der Waals surface area (Å²) >= 11 is 0. The molecule has 102 valence electrons. The van der Waals surface area contributed by atoms with Crippen molar-refractivity contribution in [1.29, 1.82) is 5.26 Å². The highest BCUT2D eigenvalue weighted by molar-refractivity contribution is 5.12. The molecule has 1 aliphatic heterocycles. The van der Waals surface area contributed by atoms with E-state index in [1.807, 2.05) is 0 Å². The van der Waals surface area contributed by atoms with Crippen LogP contribution in [-0.4, -0.2) is 37.5 Å². The standard InChI is InChI=1S/C14H24N2O2/c1-11(2)16-14(10-15)5-3-13(7-14)18-9-12-4-6-17-8-12/h11-13,16H,3-9H2,1-2H3. The van der Waals surface area contributed by atoms with Gasteiger partial charge in [-0.15, -0.1) is 0 Å². The number of nitrogens with zero attached hydrogens (tertiary/aromatic N) is 1. The number of hydrogen-bond acceptors (Lipinski definition) is 4. The highest BCUT2D eigenvalue weighted by Gasteiger charge is 2.40. The zero-order valence-electron chi connectivity index (χ0n) is 11.4. The first-order valence-corrected chi connectivity index (χ1v) is 7.02. The van der Waals surface area contributed by atoms with Crippen LogP contribution < -0.4 is 5.32 Å². The third-order valence-corrected chi connectivity index (χ3v) is 3.84. The molecule has 1 saturated heterocycles. The topological polar surface area (TPSA) is 54.3 Å². The summed E-state index contributed by atoms with van der Waals surface area (Å²) < 4.78 is 11.3. The minimum Gasteiger partial charge on any atom is -0.381 e. The number of rotatable bonds is 5. The number of nitrogens with one attached hydrogen (secondary N) is 1. The molecule has 1 heterocycles. The van der Waals surface area contributed by atoms with E-state index in [-0.39, 0.29) is 11.6 Å². The van der Waals surface area contributed by atoms with E-state index in [1.165, 1.54) is 0 Å². The van der Waals surface area contributed by atoms with Gasteiger partial charge in [-0.1, -0.05) is 0 Å². The third-order valence-electron chi connectivity index (χ3n) is 3.84. The lowest BCUT2D eigenvalue weighted by Crippen LogP contribution is -2.46. The van der Waals surface area contributed by atoms with Gasteiger partial charge >= 0.3 is 0 Å². The molecule has 0 aromatic carbocycles. The van der Waals surface area contributed by atoms with Gasteiger partial charge in [0.1, 0.15) is 5.54 Å². The van der Waals surface area contributed by atoms with Gasteiger partial charge in [-0.05, 0) is 33.1 Å². The van der Waals surface area contributed by atoms with Crippen LogP contribution in [0.5, 0.6) is 0 Å². The van der Waals surface area contributed by atoms with Crippen LogP contribution in [0.25, 0.3) is 0 Å². The maximum atomic E-state index is 9.37. The van der Waals surface area contributed by atoms with Gasteiger partial charge in [0.25, 0.3) is 0 Å². The van der Waals surface area contributed by atoms with Crippen molar-refractivity contribution < 1.29 is 9.47 Å². The molecule has 18 heavy (non-hydrogen) atoms. The summed E-state index contributed by atoms with van der Waals surface area (Å²) in [7, 11) is 0. The van der Waals surface area contributed by atoms with Gasteiger partial charge in [-0.2, -0.15) is 5.26 Å². The molecule has 4 nitrogen and oxygen atoms in total. The van der Waals surface area contributed by atoms with Gasteiger partial charge in [-0.3, -0.25) is 5.32 Å². The number of hydrogen-bond donors (Lipinski definition) is 1. The van der Waals surface area contributed by atoms with E-state index in [1.54, 1.807) is 0 Å². The normalized spacial score (nSPS) is 36.1. The molecular formula is C14H24N2O2. The maximum Gasteiger partial charge on any atom is 0.109 e. The zero-order valence-corrected chi connectivity index (χ0v) is 11.4. The van der Waals surface area contributed by atoms with Gasteiger partial charge in [-0.25, -0.2) is 0 Å². The van der Waals surface area contributed by atoms with E-state index in [9.17, 15) is 5.26 Å². The van der Waals surface area contributed by atoms with Gasteiger partial charge < -0.3 is 9.47 Å². The summed E-state index contributed by atoms with van der Waals surface area (Å²) in [5.41, 5.74) is -0.370. The molecule has 2 aliphatic rings. The molecule has 0 aromatic rings. The molecule has 1 N–H and O–H groups in total. The Balaban J connectivity index is 1.77. The molecule has 1 aliphatic carbocycles. The van der Waals surface area contributed by atoms with Gasteiger partial charge in [0, 0.05) is 25.0 Å². The van der Waals surface area contributed by atoms with Gasteiger partial charge in [0.05, 0.1) is 25.4 Å². The Hall–Kier alpha value is -0.630. The van der Waals surface area contributed by atoms with Crippen LogP contribution in [0.3, 0.4) is 0 Å². The van der Waals surface area contributed by atoms with Crippen LogP contribution in [0.15, 0.2) is 0 Å². The largest absolute Gasteiger partial charge is 0.381 e. The Morgan fingerprint density at radius 2 is 2.33 bits per heavy atom. The second-order valence-corrected chi connectivity index (χ2v) is 5.92. The van der Waals surface area contributed by atoms with Crippen LogP contribution in [0.1, 0.15) is 39.5 Å². The monoisotopic (exact) mass is 252 g/mol. The molecule has 2 fully saturated rings. The zero-order chi connectivity index (χ0) is 13.0. The van der Waals surface area contributed by atoms with Crippen molar-refractivity contribution in [2.24, 2.45) is 5.92 Å². The molecule has 1 saturated carbocycles. The minimum atomic E-state index is -0.370. The molecule has 2 rings (SSSR count). The average Bonchev–Trinajstić information content (AvgIpc) is 2.95. The predicted octanol–water partition coefficient (Wildman–Crippen LogP) is 1.85. The fourth-order valence-electron chi connectivity index (χ4n) is 2.95. The molecule has 3 atom stereocenters. The molecule has 0 aromatic heterocycles. The summed E-state index contributed by atoms with van der Waals surface area (Å²) in [5, 5.41) is 12.8. The summed E-state index contributed by atoms with van der Waals surface area (Å²) in [6.45, 7) is 6.66. The molecule has 0 bridgehead atoms. The van der Waals surface area contributed by atoms with Crippen LogP contribution in [-0.2, 0) is 9.47 Å². The van der Waals surface area contributed by atoms with Crippen molar-refractivity contribution >= 4 is 0 Å². The Morgan fingerprint density at radius 1 is 1.50 bits per heavy atom. The fraction of sp³-hybridized carbons (Fsp3) is 0.929. The van der Waals surface area contributed by atoms with Crippen molar-refractivity contribution in [2.45, 2.75) is 57.2 Å². The van der Waals surface area contributed by atoms with Crippen molar-refractivity contribution in [3.63, 3.8) is 0 Å². The molecule has 0 amide bonds. The van der Waals surface area contributed by atoms with E-state index < -0.39 is 0 Å². The molecule has 0 spiro atoms. The van der Waals surface area contributed by atoms with Crippen LogP contribution >= 0.6 is 0 Å². The van der Waals surface area contributed by atoms with E-state index in [0.717, 1.165) is 45.5 Å². The van der Waals surface area contributed by atoms with Crippen LogP contribution in [0.4, 0.5) is 0 Å². The molecule has 4 heteroatoms. The Labute approximate surface area is 110 Å². The lowest BCUT2D eigenvalue weighted by Gasteiger charge is -2.25. The molecular weight excluding hydrogens is 228 g/mol. The fourth-order valence-corrected chi connectivity index (χ4v) is 2.95. The smallest absolute Gasteiger partial charge is 0.109 e. The van der Waals surface area contributed by atoms with Crippen molar-refractivity contribution in [3.05, 3.63) is 0 Å². The van der Waals surface area contributed by atoms with E-state index >= 15 is 0 Å². The SMILES string of the molecule is CC(C)NC1(C#N)CCC(OCC2CCOC2)C1. The first kappa shape index (κ1) is 13.8. The Morgan fingerprint density at radius 3 is 2.94 bits per heavy atom. The lowest BCUT2D eigenvalue weighted by atomic mass is 9.98. The molecule has 0 radical (unpaired) electrons. The van der Waals surface area contributed by atoms with Crippen molar-refractivity contribution in [2.75, 3.05) is 19.8 Å². The summed E-state index contributed by atoms with van der Waals surface area (Å²) in [6.07, 6.45) is 4.04. The third kappa shape index (κ3) is 3.44. The van der Waals surface area contributed by atoms with E-state index in [2.05, 4.69) is 25.2 Å². The minimum absolute atomic E-state index is 0.233. The van der Waals surface area contributed by atoms with Gasteiger partial charge in [0.15, 0.2) is 0 Å². The van der Waals surface area contributed by atoms with E-state index in [0.29, 0.717) is 12.0 Å². The van der Waals surface area contributed by atoms with Gasteiger partial charge in [0.2, 0.25) is 0 Å². The number of ether oxygens (including phenoxy) is 2. The van der Waals surface area contributed by atoms with Crippen molar-refractivity contribution in [3.8, 4) is 6.07 Å². The van der Waals surface area contributed by atoms with Crippen molar-refractivity contribution in [1.82, 2.24) is 5.32 Å². The first-order valence-electron chi connectivity index (χ1n) is 7.02. The predicted molar refractivity (Wildman–Crippen MR) is 69.1 cm³/mol. The van der Waals surface area contributed by atoms with E-state index in [4.69, 9.17) is 9.47 Å². The summed E-state index contributed by atoms with van der Waals surface area (Å²) in [4.78, 5) is 0. The first-order chi connectivity index (χ1) is 8.63. The second kappa shape index (κ2) is 6.01. The average molecular weight is 252 g/mol. The quantitative estimate of drug-likeness (QED) is 0.811. The maximum absolute atomic E-state index is 9.37. The second-order valence-electron chi connectivity index (χ2n) is 5.92. The lowest BCUT2D eigenvalue weighted by molar-refractivity contribution is 0.0274. The highest BCUT2D eigenvalue weighted by Crippen LogP contribution is 2.32. The Kier molecular flexibility index (Phi) is 4.60.